The van der Waals surface area contributed by atoms with E-state index in [1.165, 1.54) is 19.1 Å². The fourth-order valence-corrected chi connectivity index (χ4v) is 2.77. The lowest BCUT2D eigenvalue weighted by Gasteiger charge is -2.32. The molecule has 1 heterocycles. The zero-order valence-corrected chi connectivity index (χ0v) is 14.8. The third-order valence-electron chi connectivity index (χ3n) is 4.06. The van der Waals surface area contributed by atoms with Crippen molar-refractivity contribution in [2.24, 2.45) is 0 Å². The molecule has 0 bridgehead atoms. The fraction of sp³-hybridized carbons (Fsp3) is 0.263. The number of benzene rings is 2. The van der Waals surface area contributed by atoms with Crippen molar-refractivity contribution in [1.29, 1.82) is 0 Å². The number of ether oxygens (including phenoxy) is 3. The number of hydrogen-bond acceptors (Lipinski definition) is 5. The number of carbonyl (C=O) groups is 2. The van der Waals surface area contributed by atoms with E-state index in [0.29, 0.717) is 28.6 Å². The van der Waals surface area contributed by atoms with Gasteiger partial charge in [0.05, 0.1) is 25.6 Å². The summed E-state index contributed by atoms with van der Waals surface area (Å²) in [7, 11) is 3.05. The van der Waals surface area contributed by atoms with E-state index in [9.17, 15) is 9.59 Å². The SMILES string of the molecule is COc1ccc(OC)c(NC(=O)CN2C(=O)[C@H](C)Oc3ccccc32)c1. The van der Waals surface area contributed by atoms with Crippen LogP contribution in [-0.2, 0) is 9.59 Å². The van der Waals surface area contributed by atoms with E-state index in [0.717, 1.165) is 0 Å². The topological polar surface area (TPSA) is 77.1 Å². The standard InChI is InChI=1S/C19H20N2O5/c1-12-19(23)21(15-6-4-5-7-17(15)26-12)11-18(22)20-14-10-13(24-2)8-9-16(14)25-3/h4-10,12H,11H2,1-3H3,(H,20,22)/t12-/m0/s1. The van der Waals surface area contributed by atoms with Crippen molar-refractivity contribution in [3.05, 3.63) is 42.5 Å². The van der Waals surface area contributed by atoms with Gasteiger partial charge in [0.1, 0.15) is 23.8 Å². The third-order valence-corrected chi connectivity index (χ3v) is 4.06. The van der Waals surface area contributed by atoms with Crippen LogP contribution in [0.5, 0.6) is 17.2 Å². The molecule has 26 heavy (non-hydrogen) atoms. The summed E-state index contributed by atoms with van der Waals surface area (Å²) in [5.41, 5.74) is 1.04. The quantitative estimate of drug-likeness (QED) is 0.890. The minimum absolute atomic E-state index is 0.135. The van der Waals surface area contributed by atoms with Gasteiger partial charge in [0.2, 0.25) is 5.91 Å². The van der Waals surface area contributed by atoms with Crippen molar-refractivity contribution in [3.8, 4) is 17.2 Å². The van der Waals surface area contributed by atoms with Crippen LogP contribution in [0.15, 0.2) is 42.5 Å². The van der Waals surface area contributed by atoms with Crippen LogP contribution in [0.4, 0.5) is 11.4 Å². The smallest absolute Gasteiger partial charge is 0.268 e. The van der Waals surface area contributed by atoms with Crippen molar-refractivity contribution in [1.82, 2.24) is 0 Å². The van der Waals surface area contributed by atoms with Crippen molar-refractivity contribution >= 4 is 23.2 Å². The van der Waals surface area contributed by atoms with Crippen LogP contribution in [-0.4, -0.2) is 38.7 Å². The molecule has 0 aliphatic carbocycles. The minimum atomic E-state index is -0.649. The molecule has 1 atom stereocenters. The normalized spacial score (nSPS) is 15.7. The number of rotatable bonds is 5. The van der Waals surface area contributed by atoms with Gasteiger partial charge in [-0.05, 0) is 31.2 Å². The van der Waals surface area contributed by atoms with E-state index in [4.69, 9.17) is 14.2 Å². The maximum atomic E-state index is 12.6. The molecule has 7 heteroatoms. The van der Waals surface area contributed by atoms with E-state index >= 15 is 0 Å². The summed E-state index contributed by atoms with van der Waals surface area (Å²) in [6.07, 6.45) is -0.649. The zero-order chi connectivity index (χ0) is 18.7. The van der Waals surface area contributed by atoms with E-state index in [2.05, 4.69) is 5.32 Å². The number of anilines is 2. The molecule has 0 radical (unpaired) electrons. The van der Waals surface area contributed by atoms with Crippen LogP contribution >= 0.6 is 0 Å². The van der Waals surface area contributed by atoms with Gasteiger partial charge in [-0.15, -0.1) is 0 Å². The average Bonchev–Trinajstić information content (AvgIpc) is 2.65. The molecule has 7 nitrogen and oxygen atoms in total. The number of fused-ring (bicyclic) bond motifs is 1. The Morgan fingerprint density at radius 2 is 1.96 bits per heavy atom. The first-order chi connectivity index (χ1) is 12.5. The van der Waals surface area contributed by atoms with Gasteiger partial charge in [-0.1, -0.05) is 12.1 Å². The molecule has 3 rings (SSSR count). The van der Waals surface area contributed by atoms with Crippen LogP contribution in [0.2, 0.25) is 0 Å². The highest BCUT2D eigenvalue weighted by Gasteiger charge is 2.32. The molecule has 0 saturated carbocycles. The van der Waals surface area contributed by atoms with Crippen molar-refractivity contribution in [2.45, 2.75) is 13.0 Å². The Bertz CT molecular complexity index is 836. The molecule has 0 saturated heterocycles. The molecule has 136 valence electrons. The molecule has 2 amide bonds. The highest BCUT2D eigenvalue weighted by molar-refractivity contribution is 6.06. The monoisotopic (exact) mass is 356 g/mol. The predicted octanol–water partition coefficient (Wildman–Crippen LogP) is 2.46. The first-order valence-corrected chi connectivity index (χ1v) is 8.12. The highest BCUT2D eigenvalue weighted by atomic mass is 16.5. The van der Waals surface area contributed by atoms with Gasteiger partial charge in [-0.2, -0.15) is 0 Å². The van der Waals surface area contributed by atoms with Crippen molar-refractivity contribution in [3.63, 3.8) is 0 Å². The molecule has 0 spiro atoms. The lowest BCUT2D eigenvalue weighted by atomic mass is 10.2. The lowest BCUT2D eigenvalue weighted by molar-refractivity contribution is -0.127. The molecule has 1 N–H and O–H groups in total. The second-order valence-corrected chi connectivity index (χ2v) is 5.77. The van der Waals surface area contributed by atoms with Crippen molar-refractivity contribution in [2.75, 3.05) is 31.0 Å². The first-order valence-electron chi connectivity index (χ1n) is 8.12. The van der Waals surface area contributed by atoms with Crippen LogP contribution in [0.1, 0.15) is 6.92 Å². The number of amides is 2. The highest BCUT2D eigenvalue weighted by Crippen LogP contribution is 2.34. The molecule has 0 fully saturated rings. The number of nitrogens with zero attached hydrogens (tertiary/aromatic N) is 1. The van der Waals surface area contributed by atoms with Crippen LogP contribution in [0.25, 0.3) is 0 Å². The summed E-state index contributed by atoms with van der Waals surface area (Å²) in [4.78, 5) is 26.5. The number of nitrogens with one attached hydrogen (secondary N) is 1. The summed E-state index contributed by atoms with van der Waals surface area (Å²) in [5.74, 6) is 1.04. The number of para-hydroxylation sites is 2. The molecule has 2 aromatic rings. The molecule has 0 aromatic heterocycles. The van der Waals surface area contributed by atoms with Gasteiger partial charge in [0, 0.05) is 6.07 Å². The molecule has 1 aliphatic heterocycles. The number of carbonyl (C=O) groups excluding carboxylic acids is 2. The van der Waals surface area contributed by atoms with Gasteiger partial charge < -0.3 is 19.5 Å². The Morgan fingerprint density at radius 3 is 2.69 bits per heavy atom. The van der Waals surface area contributed by atoms with Crippen molar-refractivity contribution < 1.29 is 23.8 Å². The second-order valence-electron chi connectivity index (χ2n) is 5.77. The van der Waals surface area contributed by atoms with Crippen LogP contribution < -0.4 is 24.4 Å². The molecule has 1 aliphatic rings. The second kappa shape index (κ2) is 7.35. The largest absolute Gasteiger partial charge is 0.497 e. The van der Waals surface area contributed by atoms with Gasteiger partial charge in [-0.25, -0.2) is 0 Å². The number of methoxy groups -OCH3 is 2. The Kier molecular flexibility index (Phi) is 4.97. The lowest BCUT2D eigenvalue weighted by Crippen LogP contribution is -2.47. The first kappa shape index (κ1) is 17.6. The average molecular weight is 356 g/mol. The Morgan fingerprint density at radius 1 is 1.19 bits per heavy atom. The Balaban J connectivity index is 1.81. The molecule has 2 aromatic carbocycles. The van der Waals surface area contributed by atoms with Gasteiger partial charge in [0.25, 0.3) is 5.91 Å². The van der Waals surface area contributed by atoms with E-state index in [1.54, 1.807) is 43.3 Å². The molecular formula is C19H20N2O5. The van der Waals surface area contributed by atoms with Crippen LogP contribution in [0, 0.1) is 0 Å². The van der Waals surface area contributed by atoms with Crippen LogP contribution in [0.3, 0.4) is 0 Å². The van der Waals surface area contributed by atoms with E-state index in [-0.39, 0.29) is 18.4 Å². The zero-order valence-electron chi connectivity index (χ0n) is 14.8. The summed E-state index contributed by atoms with van der Waals surface area (Å²) in [5, 5.41) is 2.77. The molecule has 0 unspecified atom stereocenters. The minimum Gasteiger partial charge on any atom is -0.497 e. The third kappa shape index (κ3) is 3.42. The maximum Gasteiger partial charge on any atom is 0.268 e. The molecular weight excluding hydrogens is 336 g/mol. The van der Waals surface area contributed by atoms with Gasteiger partial charge in [-0.3, -0.25) is 14.5 Å². The summed E-state index contributed by atoms with van der Waals surface area (Å²) in [6, 6.07) is 12.2. The maximum absolute atomic E-state index is 12.6. The fourth-order valence-electron chi connectivity index (χ4n) is 2.77. The number of hydrogen-bond donors (Lipinski definition) is 1. The van der Waals surface area contributed by atoms with E-state index < -0.39 is 6.10 Å². The summed E-state index contributed by atoms with van der Waals surface area (Å²) >= 11 is 0. The Hall–Kier alpha value is -3.22. The van der Waals surface area contributed by atoms with Gasteiger partial charge in [0.15, 0.2) is 6.10 Å². The summed E-state index contributed by atoms with van der Waals surface area (Å²) in [6.45, 7) is 1.53. The predicted molar refractivity (Wildman–Crippen MR) is 97.1 cm³/mol. The Labute approximate surface area is 151 Å². The van der Waals surface area contributed by atoms with Gasteiger partial charge >= 0.3 is 0 Å². The summed E-state index contributed by atoms with van der Waals surface area (Å²) < 4.78 is 16.0. The van der Waals surface area contributed by atoms with E-state index in [1.807, 2.05) is 6.07 Å².